The van der Waals surface area contributed by atoms with Crippen molar-refractivity contribution in [3.05, 3.63) is 95.1 Å². The van der Waals surface area contributed by atoms with Gasteiger partial charge in [-0.3, -0.25) is 9.59 Å². The van der Waals surface area contributed by atoms with Gasteiger partial charge in [0.05, 0.1) is 19.4 Å². The Morgan fingerprint density at radius 1 is 1.06 bits per heavy atom. The summed E-state index contributed by atoms with van der Waals surface area (Å²) in [6.07, 6.45) is 3.72. The van der Waals surface area contributed by atoms with Crippen molar-refractivity contribution in [2.45, 2.75) is 26.3 Å². The highest BCUT2D eigenvalue weighted by Crippen LogP contribution is 2.18. The number of rotatable bonds is 8. The molecule has 0 unspecified atom stereocenters. The van der Waals surface area contributed by atoms with Crippen LogP contribution in [0.15, 0.2) is 77.0 Å². The van der Waals surface area contributed by atoms with Crippen molar-refractivity contribution >= 4 is 17.9 Å². The number of methoxy groups -OCH3 is 1. The normalized spacial score (nSPS) is 12.2. The first-order chi connectivity index (χ1) is 15.0. The van der Waals surface area contributed by atoms with Crippen molar-refractivity contribution in [1.29, 1.82) is 0 Å². The highest BCUT2D eigenvalue weighted by Gasteiger charge is 2.19. The van der Waals surface area contributed by atoms with Crippen molar-refractivity contribution in [3.8, 4) is 5.75 Å². The average Bonchev–Trinajstić information content (AvgIpc) is 3.30. The lowest BCUT2D eigenvalue weighted by Crippen LogP contribution is -2.36. The molecule has 2 N–H and O–H groups in total. The topological polar surface area (TPSA) is 80.6 Å². The van der Waals surface area contributed by atoms with Crippen LogP contribution in [-0.2, 0) is 4.79 Å². The van der Waals surface area contributed by atoms with Crippen LogP contribution < -0.4 is 15.4 Å². The second-order valence-corrected chi connectivity index (χ2v) is 7.10. The number of nitrogens with one attached hydrogen (secondary N) is 2. The van der Waals surface area contributed by atoms with Gasteiger partial charge in [-0.25, -0.2) is 0 Å². The first-order valence-corrected chi connectivity index (χ1v) is 10.1. The molecule has 1 aromatic heterocycles. The molecular formula is C25H26N2O4. The van der Waals surface area contributed by atoms with E-state index in [0.29, 0.717) is 23.5 Å². The molecular weight excluding hydrogens is 392 g/mol. The SMILES string of the molecule is CC[C@@H](NC(=O)/C(=C/c1ccco1)NC(=O)c1ccc(OC)cc1)c1ccc(C)cc1. The fourth-order valence-electron chi connectivity index (χ4n) is 3.07. The van der Waals surface area contributed by atoms with Crippen LogP contribution in [0.5, 0.6) is 5.75 Å². The molecule has 0 aliphatic heterocycles. The van der Waals surface area contributed by atoms with Gasteiger partial charge in [-0.1, -0.05) is 36.8 Å². The molecule has 2 aromatic carbocycles. The average molecular weight is 418 g/mol. The number of aryl methyl sites for hydroxylation is 1. The Balaban J connectivity index is 1.81. The van der Waals surface area contributed by atoms with Gasteiger partial charge >= 0.3 is 0 Å². The van der Waals surface area contributed by atoms with E-state index in [1.54, 1.807) is 43.5 Å². The standard InChI is InChI=1S/C25H26N2O4/c1-4-22(18-9-7-17(2)8-10-18)26-25(29)23(16-21-6-5-15-31-21)27-24(28)19-11-13-20(30-3)14-12-19/h5-16,22H,4H2,1-3H3,(H,26,29)(H,27,28)/b23-16-/t22-/m1/s1. The second-order valence-electron chi connectivity index (χ2n) is 7.10. The number of carbonyl (C=O) groups excluding carboxylic acids is 2. The summed E-state index contributed by atoms with van der Waals surface area (Å²) in [5.41, 5.74) is 2.65. The summed E-state index contributed by atoms with van der Waals surface area (Å²) in [7, 11) is 1.56. The zero-order valence-corrected chi connectivity index (χ0v) is 17.8. The van der Waals surface area contributed by atoms with Crippen LogP contribution in [0.3, 0.4) is 0 Å². The third kappa shape index (κ3) is 5.85. The lowest BCUT2D eigenvalue weighted by atomic mass is 10.0. The van der Waals surface area contributed by atoms with Gasteiger partial charge in [0.25, 0.3) is 11.8 Å². The number of hydrogen-bond donors (Lipinski definition) is 2. The van der Waals surface area contributed by atoms with Crippen molar-refractivity contribution in [1.82, 2.24) is 10.6 Å². The van der Waals surface area contributed by atoms with E-state index in [1.807, 2.05) is 38.1 Å². The van der Waals surface area contributed by atoms with Crippen LogP contribution in [0.1, 0.15) is 46.6 Å². The maximum atomic E-state index is 13.1. The first-order valence-electron chi connectivity index (χ1n) is 10.1. The Morgan fingerprint density at radius 2 is 1.77 bits per heavy atom. The summed E-state index contributed by atoms with van der Waals surface area (Å²) in [4.78, 5) is 25.8. The van der Waals surface area contributed by atoms with E-state index in [1.165, 1.54) is 12.3 Å². The summed E-state index contributed by atoms with van der Waals surface area (Å²) in [5, 5.41) is 5.71. The van der Waals surface area contributed by atoms with Crippen LogP contribution in [0.25, 0.3) is 6.08 Å². The summed E-state index contributed by atoms with van der Waals surface area (Å²) in [6.45, 7) is 4.01. The number of ether oxygens (including phenoxy) is 1. The van der Waals surface area contributed by atoms with Gasteiger partial charge in [-0.05, 0) is 55.3 Å². The monoisotopic (exact) mass is 418 g/mol. The van der Waals surface area contributed by atoms with Crippen LogP contribution >= 0.6 is 0 Å². The maximum absolute atomic E-state index is 13.1. The third-order valence-electron chi connectivity index (χ3n) is 4.87. The molecule has 160 valence electrons. The van der Waals surface area contributed by atoms with Crippen molar-refractivity contribution in [3.63, 3.8) is 0 Å². The van der Waals surface area contributed by atoms with E-state index in [0.717, 1.165) is 11.1 Å². The number of carbonyl (C=O) groups is 2. The number of furan rings is 1. The molecule has 31 heavy (non-hydrogen) atoms. The molecule has 0 fully saturated rings. The van der Waals surface area contributed by atoms with Crippen LogP contribution in [-0.4, -0.2) is 18.9 Å². The molecule has 6 heteroatoms. The quantitative estimate of drug-likeness (QED) is 0.523. The lowest BCUT2D eigenvalue weighted by molar-refractivity contribution is -0.118. The van der Waals surface area contributed by atoms with Crippen molar-refractivity contribution < 1.29 is 18.7 Å². The van der Waals surface area contributed by atoms with Crippen molar-refractivity contribution in [2.24, 2.45) is 0 Å². The minimum absolute atomic E-state index is 0.0985. The van der Waals surface area contributed by atoms with E-state index in [9.17, 15) is 9.59 Å². The van der Waals surface area contributed by atoms with Gasteiger partial charge in [0.1, 0.15) is 17.2 Å². The predicted octanol–water partition coefficient (Wildman–Crippen LogP) is 4.64. The largest absolute Gasteiger partial charge is 0.497 e. The van der Waals surface area contributed by atoms with Crippen LogP contribution in [0, 0.1) is 6.92 Å². The Morgan fingerprint density at radius 3 is 2.35 bits per heavy atom. The van der Waals surface area contributed by atoms with Gasteiger partial charge in [0.15, 0.2) is 0 Å². The first kappa shape index (κ1) is 21.9. The van der Waals surface area contributed by atoms with E-state index >= 15 is 0 Å². The molecule has 3 rings (SSSR count). The van der Waals surface area contributed by atoms with Gasteiger partial charge in [-0.2, -0.15) is 0 Å². The van der Waals surface area contributed by atoms with Crippen LogP contribution in [0.2, 0.25) is 0 Å². The van der Waals surface area contributed by atoms with Gasteiger partial charge in [0.2, 0.25) is 0 Å². The van der Waals surface area contributed by atoms with E-state index in [-0.39, 0.29) is 11.7 Å². The highest BCUT2D eigenvalue weighted by atomic mass is 16.5. The zero-order chi connectivity index (χ0) is 22.2. The zero-order valence-electron chi connectivity index (χ0n) is 17.8. The Kier molecular flexibility index (Phi) is 7.27. The molecule has 2 amide bonds. The van der Waals surface area contributed by atoms with E-state index < -0.39 is 11.8 Å². The molecule has 1 atom stereocenters. The predicted molar refractivity (Wildman–Crippen MR) is 119 cm³/mol. The molecule has 6 nitrogen and oxygen atoms in total. The Bertz CT molecular complexity index is 1040. The number of benzene rings is 2. The summed E-state index contributed by atoms with van der Waals surface area (Å²) in [6, 6.07) is 17.9. The molecule has 0 radical (unpaired) electrons. The Hall–Kier alpha value is -3.80. The van der Waals surface area contributed by atoms with Crippen molar-refractivity contribution in [2.75, 3.05) is 7.11 Å². The number of amides is 2. The van der Waals surface area contributed by atoms with Gasteiger partial charge in [0, 0.05) is 11.6 Å². The van der Waals surface area contributed by atoms with Gasteiger partial charge < -0.3 is 19.8 Å². The molecule has 0 aliphatic carbocycles. The second kappa shape index (κ2) is 10.3. The minimum Gasteiger partial charge on any atom is -0.497 e. The fourth-order valence-corrected chi connectivity index (χ4v) is 3.07. The van der Waals surface area contributed by atoms with Gasteiger partial charge in [-0.15, -0.1) is 0 Å². The van der Waals surface area contributed by atoms with E-state index in [4.69, 9.17) is 9.15 Å². The molecule has 0 bridgehead atoms. The summed E-state index contributed by atoms with van der Waals surface area (Å²) < 4.78 is 10.5. The Labute approximate surface area is 181 Å². The molecule has 3 aromatic rings. The fraction of sp³-hybridized carbons (Fsp3) is 0.200. The summed E-state index contributed by atoms with van der Waals surface area (Å²) in [5.74, 6) is 0.303. The van der Waals surface area contributed by atoms with E-state index in [2.05, 4.69) is 10.6 Å². The van der Waals surface area contributed by atoms with Crippen LogP contribution in [0.4, 0.5) is 0 Å². The third-order valence-corrected chi connectivity index (χ3v) is 4.87. The maximum Gasteiger partial charge on any atom is 0.268 e. The highest BCUT2D eigenvalue weighted by molar-refractivity contribution is 6.05. The summed E-state index contributed by atoms with van der Waals surface area (Å²) >= 11 is 0. The molecule has 0 aliphatic rings. The number of hydrogen-bond acceptors (Lipinski definition) is 4. The molecule has 0 saturated carbocycles. The molecule has 0 spiro atoms. The lowest BCUT2D eigenvalue weighted by Gasteiger charge is -2.19. The smallest absolute Gasteiger partial charge is 0.268 e. The minimum atomic E-state index is -0.404. The molecule has 1 heterocycles. The molecule has 0 saturated heterocycles.